The maximum atomic E-state index is 9.03. The van der Waals surface area contributed by atoms with Crippen molar-refractivity contribution >= 4 is 27.3 Å². The van der Waals surface area contributed by atoms with E-state index in [2.05, 4.69) is 27.3 Å². The molecule has 3 N–H and O–H groups in total. The van der Waals surface area contributed by atoms with E-state index in [1.54, 1.807) is 6.07 Å². The highest BCUT2D eigenvalue weighted by Gasteiger charge is 2.02. The van der Waals surface area contributed by atoms with Gasteiger partial charge in [0, 0.05) is 16.7 Å². The van der Waals surface area contributed by atoms with Gasteiger partial charge in [-0.05, 0) is 35.9 Å². The molecule has 0 saturated heterocycles. The summed E-state index contributed by atoms with van der Waals surface area (Å²) < 4.78 is 0.941. The third-order valence-electron chi connectivity index (χ3n) is 2.54. The minimum atomic E-state index is 0.627. The molecule has 90 valence electrons. The van der Waals surface area contributed by atoms with Crippen molar-refractivity contribution in [3.8, 4) is 6.07 Å². The van der Waals surface area contributed by atoms with Crippen LogP contribution < -0.4 is 11.1 Å². The highest BCUT2D eigenvalue weighted by molar-refractivity contribution is 9.10. The van der Waals surface area contributed by atoms with E-state index in [4.69, 9.17) is 11.0 Å². The Morgan fingerprint density at radius 3 is 2.78 bits per heavy atom. The van der Waals surface area contributed by atoms with Crippen molar-refractivity contribution in [2.75, 3.05) is 11.1 Å². The van der Waals surface area contributed by atoms with Crippen LogP contribution in [0.15, 0.2) is 46.9 Å². The molecule has 0 amide bonds. The van der Waals surface area contributed by atoms with Crippen molar-refractivity contribution in [1.82, 2.24) is 0 Å². The minimum Gasteiger partial charge on any atom is -0.399 e. The van der Waals surface area contributed by atoms with Crippen molar-refractivity contribution in [2.24, 2.45) is 0 Å². The van der Waals surface area contributed by atoms with E-state index in [0.717, 1.165) is 21.4 Å². The predicted molar refractivity (Wildman–Crippen MR) is 77.0 cm³/mol. The molecule has 4 heteroatoms. The number of hydrogen-bond acceptors (Lipinski definition) is 3. The third-order valence-corrected chi connectivity index (χ3v) is 3.03. The molecule has 0 aliphatic carbocycles. The van der Waals surface area contributed by atoms with Crippen LogP contribution in [0.1, 0.15) is 11.1 Å². The van der Waals surface area contributed by atoms with E-state index in [9.17, 15) is 0 Å². The van der Waals surface area contributed by atoms with E-state index in [1.165, 1.54) is 0 Å². The maximum Gasteiger partial charge on any atom is 0.101 e. The Balaban J connectivity index is 2.15. The first-order valence-corrected chi connectivity index (χ1v) is 6.26. The fourth-order valence-corrected chi connectivity index (χ4v) is 2.02. The number of hydrogen-bond donors (Lipinski definition) is 2. The van der Waals surface area contributed by atoms with Crippen molar-refractivity contribution in [3.05, 3.63) is 58.1 Å². The van der Waals surface area contributed by atoms with E-state index in [-0.39, 0.29) is 0 Å². The van der Waals surface area contributed by atoms with Crippen LogP contribution in [-0.2, 0) is 6.54 Å². The number of benzene rings is 2. The van der Waals surface area contributed by atoms with Crippen molar-refractivity contribution in [2.45, 2.75) is 6.54 Å². The summed E-state index contributed by atoms with van der Waals surface area (Å²) in [5.41, 5.74) is 8.98. The van der Waals surface area contributed by atoms with Crippen LogP contribution in [0, 0.1) is 11.3 Å². The van der Waals surface area contributed by atoms with Gasteiger partial charge in [0.15, 0.2) is 0 Å². The molecule has 0 aliphatic rings. The fraction of sp³-hybridized carbons (Fsp3) is 0.0714. The summed E-state index contributed by atoms with van der Waals surface area (Å²) >= 11 is 3.39. The molecule has 0 atom stereocenters. The Labute approximate surface area is 114 Å². The van der Waals surface area contributed by atoms with Crippen molar-refractivity contribution in [3.63, 3.8) is 0 Å². The smallest absolute Gasteiger partial charge is 0.101 e. The Kier molecular flexibility index (Phi) is 3.85. The first-order valence-electron chi connectivity index (χ1n) is 5.47. The van der Waals surface area contributed by atoms with Crippen LogP contribution in [0.4, 0.5) is 11.4 Å². The largest absolute Gasteiger partial charge is 0.399 e. The summed E-state index contributed by atoms with van der Waals surface area (Å²) in [6.45, 7) is 0.635. The highest BCUT2D eigenvalue weighted by atomic mass is 79.9. The van der Waals surface area contributed by atoms with Crippen LogP contribution >= 0.6 is 15.9 Å². The zero-order valence-corrected chi connectivity index (χ0v) is 11.2. The SMILES string of the molecule is N#Cc1ccc(Br)cc1NCc1cccc(N)c1. The molecule has 0 heterocycles. The van der Waals surface area contributed by atoms with Gasteiger partial charge < -0.3 is 11.1 Å². The number of nitrogens with two attached hydrogens (primary N) is 1. The quantitative estimate of drug-likeness (QED) is 0.853. The molecule has 0 radical (unpaired) electrons. The molecule has 0 aromatic heterocycles. The number of nitrogens with zero attached hydrogens (tertiary/aromatic N) is 1. The third kappa shape index (κ3) is 3.02. The first-order chi connectivity index (χ1) is 8.69. The average molecular weight is 302 g/mol. The molecule has 0 fully saturated rings. The van der Waals surface area contributed by atoms with Crippen LogP contribution in [0.3, 0.4) is 0 Å². The molecule has 18 heavy (non-hydrogen) atoms. The summed E-state index contributed by atoms with van der Waals surface area (Å²) in [5.74, 6) is 0. The van der Waals surface area contributed by atoms with Gasteiger partial charge in [0.05, 0.1) is 11.3 Å². The lowest BCUT2D eigenvalue weighted by atomic mass is 10.1. The number of nitrogen functional groups attached to an aromatic ring is 1. The lowest BCUT2D eigenvalue weighted by Crippen LogP contribution is -2.01. The van der Waals surface area contributed by atoms with Crippen LogP contribution in [-0.4, -0.2) is 0 Å². The average Bonchev–Trinajstić information content (AvgIpc) is 2.37. The molecule has 3 nitrogen and oxygen atoms in total. The number of anilines is 2. The number of halogens is 1. The number of nitrogens with one attached hydrogen (secondary N) is 1. The van der Waals surface area contributed by atoms with Gasteiger partial charge >= 0.3 is 0 Å². The first kappa shape index (κ1) is 12.5. The molecule has 0 unspecified atom stereocenters. The standard InChI is InChI=1S/C14H12BrN3/c15-12-5-4-11(8-16)14(7-12)18-9-10-2-1-3-13(17)6-10/h1-7,18H,9,17H2. The minimum absolute atomic E-state index is 0.627. The Hall–Kier alpha value is -1.99. The fourth-order valence-electron chi connectivity index (χ4n) is 1.66. The Bertz CT molecular complexity index is 602. The molecule has 2 aromatic carbocycles. The number of nitriles is 1. The van der Waals surface area contributed by atoms with Gasteiger partial charge in [0.2, 0.25) is 0 Å². The summed E-state index contributed by atoms with van der Waals surface area (Å²) in [6, 6.07) is 15.4. The topological polar surface area (TPSA) is 61.8 Å². The second-order valence-electron chi connectivity index (χ2n) is 3.90. The van der Waals surface area contributed by atoms with Gasteiger partial charge in [-0.2, -0.15) is 5.26 Å². The van der Waals surface area contributed by atoms with E-state index >= 15 is 0 Å². The van der Waals surface area contributed by atoms with Crippen LogP contribution in [0.2, 0.25) is 0 Å². The summed E-state index contributed by atoms with van der Waals surface area (Å²) in [4.78, 5) is 0. The second-order valence-corrected chi connectivity index (χ2v) is 4.82. The summed E-state index contributed by atoms with van der Waals surface area (Å²) in [5, 5.41) is 12.3. The van der Waals surface area contributed by atoms with Gasteiger partial charge in [-0.3, -0.25) is 0 Å². The van der Waals surface area contributed by atoms with Crippen molar-refractivity contribution < 1.29 is 0 Å². The molecule has 0 saturated carbocycles. The summed E-state index contributed by atoms with van der Waals surface area (Å²) in [7, 11) is 0. The molecule has 2 rings (SSSR count). The Morgan fingerprint density at radius 1 is 1.22 bits per heavy atom. The van der Waals surface area contributed by atoms with E-state index in [1.807, 2.05) is 36.4 Å². The molecule has 0 aliphatic heterocycles. The second kappa shape index (κ2) is 5.56. The van der Waals surface area contributed by atoms with Gasteiger partial charge in [-0.1, -0.05) is 28.1 Å². The van der Waals surface area contributed by atoms with E-state index in [0.29, 0.717) is 12.1 Å². The zero-order valence-electron chi connectivity index (χ0n) is 9.65. The van der Waals surface area contributed by atoms with Gasteiger partial charge in [-0.25, -0.2) is 0 Å². The highest BCUT2D eigenvalue weighted by Crippen LogP contribution is 2.21. The predicted octanol–water partition coefficient (Wildman–Crippen LogP) is 3.52. The molecule has 0 spiro atoms. The van der Waals surface area contributed by atoms with Gasteiger partial charge in [0.1, 0.15) is 6.07 Å². The van der Waals surface area contributed by atoms with Gasteiger partial charge in [-0.15, -0.1) is 0 Å². The Morgan fingerprint density at radius 2 is 2.06 bits per heavy atom. The van der Waals surface area contributed by atoms with Crippen LogP contribution in [0.5, 0.6) is 0 Å². The lowest BCUT2D eigenvalue weighted by molar-refractivity contribution is 1.15. The monoisotopic (exact) mass is 301 g/mol. The molecule has 0 bridgehead atoms. The molecular weight excluding hydrogens is 290 g/mol. The maximum absolute atomic E-state index is 9.03. The zero-order chi connectivity index (χ0) is 13.0. The van der Waals surface area contributed by atoms with Crippen molar-refractivity contribution in [1.29, 1.82) is 5.26 Å². The van der Waals surface area contributed by atoms with Crippen LogP contribution in [0.25, 0.3) is 0 Å². The lowest BCUT2D eigenvalue weighted by Gasteiger charge is -2.09. The normalized spacial score (nSPS) is 9.78. The van der Waals surface area contributed by atoms with E-state index < -0.39 is 0 Å². The van der Waals surface area contributed by atoms with Gasteiger partial charge in [0.25, 0.3) is 0 Å². The molecular formula is C14H12BrN3. The number of rotatable bonds is 3. The molecule has 2 aromatic rings. The summed E-state index contributed by atoms with van der Waals surface area (Å²) in [6.07, 6.45) is 0.